The fourth-order valence-corrected chi connectivity index (χ4v) is 7.00. The molecule has 13 heteroatoms. The molecule has 1 aliphatic carbocycles. The molecule has 256 valence electrons. The molecule has 3 atom stereocenters. The number of aliphatic hydroxyl groups excluding tert-OH is 2. The summed E-state index contributed by atoms with van der Waals surface area (Å²) in [4.78, 5) is 36.4. The number of morpholine rings is 1. The lowest BCUT2D eigenvalue weighted by molar-refractivity contribution is 0.0981. The predicted octanol–water partition coefficient (Wildman–Crippen LogP) is 3.26. The summed E-state index contributed by atoms with van der Waals surface area (Å²) in [6, 6.07) is 14.8. The second kappa shape index (κ2) is 14.6. The third kappa shape index (κ3) is 7.49. The number of hydrogen-bond donors (Lipinski definition) is 4. The van der Waals surface area contributed by atoms with E-state index in [0.717, 1.165) is 56.2 Å². The zero-order chi connectivity index (χ0) is 33.0. The molecule has 3 saturated heterocycles. The van der Waals surface area contributed by atoms with Crippen molar-refractivity contribution in [2.75, 3.05) is 91.0 Å². The lowest BCUT2D eigenvalue weighted by Gasteiger charge is -2.36. The van der Waals surface area contributed by atoms with Crippen molar-refractivity contribution < 1.29 is 19.7 Å². The molecule has 48 heavy (non-hydrogen) atoms. The molecule has 0 spiro atoms. The van der Waals surface area contributed by atoms with E-state index in [9.17, 15) is 15.0 Å². The van der Waals surface area contributed by atoms with Crippen LogP contribution in [0.1, 0.15) is 32.6 Å². The van der Waals surface area contributed by atoms with E-state index >= 15 is 0 Å². The van der Waals surface area contributed by atoms with Crippen molar-refractivity contribution in [2.24, 2.45) is 5.92 Å². The number of benzene rings is 2. The van der Waals surface area contributed by atoms with Crippen molar-refractivity contribution in [3.8, 4) is 11.4 Å². The summed E-state index contributed by atoms with van der Waals surface area (Å²) < 4.78 is 5.64. The number of hydrogen-bond acceptors (Lipinski definition) is 11. The van der Waals surface area contributed by atoms with Crippen LogP contribution in [-0.4, -0.2) is 120 Å². The minimum absolute atomic E-state index is 0.0506. The van der Waals surface area contributed by atoms with Crippen molar-refractivity contribution >= 4 is 35.0 Å². The Morgan fingerprint density at radius 2 is 1.44 bits per heavy atom. The molecule has 13 nitrogen and oxygen atoms in total. The van der Waals surface area contributed by atoms with Crippen molar-refractivity contribution in [1.29, 1.82) is 0 Å². The smallest absolute Gasteiger partial charge is 0.323 e. The summed E-state index contributed by atoms with van der Waals surface area (Å²) >= 11 is 0. The topological polar surface area (TPSA) is 142 Å². The molecule has 0 radical (unpaired) electrons. The van der Waals surface area contributed by atoms with Crippen molar-refractivity contribution in [2.45, 2.75) is 50.7 Å². The Bertz CT molecular complexity index is 1520. The monoisotopic (exact) mass is 657 g/mol. The molecule has 0 bridgehead atoms. The van der Waals surface area contributed by atoms with Crippen LogP contribution in [0, 0.1) is 5.92 Å². The molecular formula is C35H47N9O4. The summed E-state index contributed by atoms with van der Waals surface area (Å²) in [6.45, 7) is 9.28. The normalized spacial score (nSPS) is 23.4. The van der Waals surface area contributed by atoms with Crippen LogP contribution in [0.3, 0.4) is 0 Å². The third-order valence-corrected chi connectivity index (χ3v) is 9.99. The van der Waals surface area contributed by atoms with Gasteiger partial charge in [-0.3, -0.25) is 4.90 Å². The maximum atomic E-state index is 12.9. The standard InChI is InChI=1S/C35H47N9O4/c1-24-23-48-19-18-43(24)33-38-32(39-34(40-33)44-30(21-45)12-13-31(44)22-46)26-4-6-27(7-5-26)36-35(47)37-28-8-10-29(11-9-28)42-16-14-41(15-17-42)20-25-2-3-25/h4-11,24-25,30-31,45-46H,2-3,12-23H2,1H3,(H2,36,37,47). The first kappa shape index (κ1) is 32.5. The Morgan fingerprint density at radius 1 is 0.812 bits per heavy atom. The van der Waals surface area contributed by atoms with Gasteiger partial charge in [-0.1, -0.05) is 0 Å². The lowest BCUT2D eigenvalue weighted by Crippen LogP contribution is -2.47. The van der Waals surface area contributed by atoms with Gasteiger partial charge in [0.1, 0.15) is 0 Å². The Kier molecular flexibility index (Phi) is 9.89. The first-order valence-electron chi connectivity index (χ1n) is 17.3. The number of nitrogens with zero attached hydrogens (tertiary/aromatic N) is 7. The highest BCUT2D eigenvalue weighted by Crippen LogP contribution is 2.32. The van der Waals surface area contributed by atoms with E-state index < -0.39 is 0 Å². The number of carbonyl (C=O) groups is 1. The first-order chi connectivity index (χ1) is 23.5. The van der Waals surface area contributed by atoms with Gasteiger partial charge in [-0.15, -0.1) is 0 Å². The van der Waals surface area contributed by atoms with Crippen molar-refractivity contribution in [3.63, 3.8) is 0 Å². The summed E-state index contributed by atoms with van der Waals surface area (Å²) in [5, 5.41) is 26.0. The van der Waals surface area contributed by atoms with Gasteiger partial charge >= 0.3 is 6.03 Å². The molecule has 2 aromatic carbocycles. The van der Waals surface area contributed by atoms with Gasteiger partial charge in [0, 0.05) is 61.9 Å². The van der Waals surface area contributed by atoms with Gasteiger partial charge in [0.2, 0.25) is 11.9 Å². The molecule has 1 saturated carbocycles. The van der Waals surface area contributed by atoms with Crippen molar-refractivity contribution in [3.05, 3.63) is 48.5 Å². The Labute approximate surface area is 281 Å². The van der Waals surface area contributed by atoms with E-state index in [1.165, 1.54) is 25.1 Å². The average Bonchev–Trinajstić information content (AvgIpc) is 3.83. The van der Waals surface area contributed by atoms with Gasteiger partial charge in [0.05, 0.1) is 44.6 Å². The quantitative estimate of drug-likeness (QED) is 0.255. The minimum atomic E-state index is -0.325. The summed E-state index contributed by atoms with van der Waals surface area (Å²) in [6.07, 6.45) is 4.28. The van der Waals surface area contributed by atoms with Gasteiger partial charge in [-0.25, -0.2) is 4.79 Å². The van der Waals surface area contributed by atoms with E-state index in [1.54, 1.807) is 0 Å². The largest absolute Gasteiger partial charge is 0.394 e. The molecule has 4 N–H and O–H groups in total. The van der Waals surface area contributed by atoms with Gasteiger partial charge in [-0.2, -0.15) is 15.0 Å². The van der Waals surface area contributed by atoms with Gasteiger partial charge in [-0.05, 0) is 87.1 Å². The van der Waals surface area contributed by atoms with Crippen LogP contribution < -0.4 is 25.3 Å². The van der Waals surface area contributed by atoms with Gasteiger partial charge in [0.15, 0.2) is 5.82 Å². The number of ether oxygens (including phenoxy) is 1. The number of urea groups is 1. The second-order valence-electron chi connectivity index (χ2n) is 13.5. The van der Waals surface area contributed by atoms with Crippen LogP contribution in [0.5, 0.6) is 0 Å². The minimum Gasteiger partial charge on any atom is -0.394 e. The number of aliphatic hydroxyl groups is 2. The predicted molar refractivity (Wildman–Crippen MR) is 187 cm³/mol. The van der Waals surface area contributed by atoms with Crippen LogP contribution in [-0.2, 0) is 4.74 Å². The van der Waals surface area contributed by atoms with Crippen LogP contribution in [0.25, 0.3) is 11.4 Å². The van der Waals surface area contributed by atoms with E-state index in [-0.39, 0.29) is 37.4 Å². The van der Waals surface area contributed by atoms with Gasteiger partial charge < -0.3 is 40.3 Å². The number of piperazine rings is 1. The molecule has 1 aromatic heterocycles. The molecular weight excluding hydrogens is 610 g/mol. The third-order valence-electron chi connectivity index (χ3n) is 9.99. The molecule has 3 aromatic rings. The lowest BCUT2D eigenvalue weighted by atomic mass is 10.2. The van der Waals surface area contributed by atoms with Crippen LogP contribution in [0.2, 0.25) is 0 Å². The first-order valence-corrected chi connectivity index (χ1v) is 17.3. The molecule has 4 heterocycles. The Hall–Kier alpha value is -4.04. The number of rotatable bonds is 10. The highest BCUT2D eigenvalue weighted by atomic mass is 16.5. The maximum absolute atomic E-state index is 12.9. The molecule has 4 fully saturated rings. The highest BCUT2D eigenvalue weighted by molar-refractivity contribution is 6.00. The van der Waals surface area contributed by atoms with Crippen molar-refractivity contribution in [1.82, 2.24) is 19.9 Å². The van der Waals surface area contributed by atoms with Crippen LogP contribution in [0.15, 0.2) is 48.5 Å². The van der Waals surface area contributed by atoms with Gasteiger partial charge in [0.25, 0.3) is 0 Å². The van der Waals surface area contributed by atoms with E-state index in [4.69, 9.17) is 19.7 Å². The number of carbonyl (C=O) groups excluding carboxylic acids is 1. The highest BCUT2D eigenvalue weighted by Gasteiger charge is 2.36. The second-order valence-corrected chi connectivity index (χ2v) is 13.5. The Morgan fingerprint density at radius 3 is 2.04 bits per heavy atom. The average molecular weight is 658 g/mol. The fraction of sp³-hybridized carbons (Fsp3) is 0.543. The maximum Gasteiger partial charge on any atom is 0.323 e. The fourth-order valence-electron chi connectivity index (χ4n) is 7.00. The molecule has 4 aliphatic rings. The molecule has 3 unspecified atom stereocenters. The van der Waals surface area contributed by atoms with E-state index in [0.29, 0.717) is 43.2 Å². The molecule has 2 amide bonds. The van der Waals surface area contributed by atoms with E-state index in [1.807, 2.05) is 41.3 Å². The number of amides is 2. The molecule has 7 rings (SSSR count). The van der Waals surface area contributed by atoms with Crippen LogP contribution in [0.4, 0.5) is 33.8 Å². The zero-order valence-electron chi connectivity index (χ0n) is 27.7. The number of nitrogens with one attached hydrogen (secondary N) is 2. The summed E-state index contributed by atoms with van der Waals surface area (Å²) in [5.41, 5.74) is 3.30. The molecule has 3 aliphatic heterocycles. The SMILES string of the molecule is CC1COCCN1c1nc(-c2ccc(NC(=O)Nc3ccc(N4CCN(CC5CC5)CC4)cc3)cc2)nc(N2C(CO)CCC2CO)n1. The summed E-state index contributed by atoms with van der Waals surface area (Å²) in [7, 11) is 0. The summed E-state index contributed by atoms with van der Waals surface area (Å²) in [5.74, 6) is 2.38. The number of aromatic nitrogens is 3. The van der Waals surface area contributed by atoms with E-state index in [2.05, 4.69) is 44.4 Å². The number of anilines is 5. The van der Waals surface area contributed by atoms with Crippen LogP contribution >= 0.6 is 0 Å². The zero-order valence-corrected chi connectivity index (χ0v) is 27.7. The Balaban J connectivity index is 1.01.